The second-order valence-corrected chi connectivity index (χ2v) is 12.2. The number of hydrogen-bond donors (Lipinski definition) is 0. The highest BCUT2D eigenvalue weighted by Gasteiger charge is 2.53. The maximum atomic E-state index is 12.3. The van der Waals surface area contributed by atoms with E-state index >= 15 is 0 Å². The number of carbonyl (C=O) groups is 1. The first-order chi connectivity index (χ1) is 15.4. The molecule has 1 aliphatic carbocycles. The normalized spacial score (nSPS) is 21.5. The van der Waals surface area contributed by atoms with Crippen molar-refractivity contribution in [2.45, 2.75) is 81.6 Å². The molecule has 1 atom stereocenters. The van der Waals surface area contributed by atoms with E-state index in [1.165, 1.54) is 6.26 Å². The van der Waals surface area contributed by atoms with Crippen LogP contribution in [0.15, 0.2) is 39.1 Å². The Morgan fingerprint density at radius 1 is 1.15 bits per heavy atom. The topological polar surface area (TPSA) is 97.6 Å². The second kappa shape index (κ2) is 8.51. The van der Waals surface area contributed by atoms with Crippen LogP contribution in [0.2, 0.25) is 0 Å². The van der Waals surface area contributed by atoms with E-state index in [9.17, 15) is 13.2 Å². The predicted molar refractivity (Wildman–Crippen MR) is 127 cm³/mol. The van der Waals surface area contributed by atoms with Crippen LogP contribution in [0.5, 0.6) is 0 Å². The molecule has 1 spiro atoms. The van der Waals surface area contributed by atoms with Crippen molar-refractivity contribution < 1.29 is 22.7 Å². The molecule has 0 radical (unpaired) electrons. The third-order valence-electron chi connectivity index (χ3n) is 6.16. The van der Waals surface area contributed by atoms with Crippen molar-refractivity contribution in [3.63, 3.8) is 0 Å². The molecule has 0 aromatic heterocycles. The number of amidine groups is 1. The largest absolute Gasteiger partial charge is 0.444 e. The van der Waals surface area contributed by atoms with Gasteiger partial charge in [-0.15, -0.1) is 0 Å². The Morgan fingerprint density at radius 2 is 1.76 bits per heavy atom. The molecule has 180 valence electrons. The molecule has 1 saturated carbocycles. The summed E-state index contributed by atoms with van der Waals surface area (Å²) in [6.45, 7) is 8.85. The summed E-state index contributed by atoms with van der Waals surface area (Å²) in [5, 5.41) is 0. The van der Waals surface area contributed by atoms with E-state index in [0.29, 0.717) is 18.9 Å². The van der Waals surface area contributed by atoms with Crippen molar-refractivity contribution >= 4 is 27.5 Å². The molecule has 0 N–H and O–H groups in total. The number of likely N-dealkylation sites (tertiary alicyclic amines) is 1. The van der Waals surface area contributed by atoms with Crippen molar-refractivity contribution in [1.29, 1.82) is 0 Å². The summed E-state index contributed by atoms with van der Waals surface area (Å²) in [6, 6.07) is 6.71. The minimum atomic E-state index is -3.24. The van der Waals surface area contributed by atoms with Crippen LogP contribution < -0.4 is 0 Å². The molecule has 8 nitrogen and oxygen atoms in total. The highest BCUT2D eigenvalue weighted by atomic mass is 32.2. The van der Waals surface area contributed by atoms with E-state index in [2.05, 4.69) is 0 Å². The van der Waals surface area contributed by atoms with Crippen LogP contribution in [-0.2, 0) is 19.3 Å². The van der Waals surface area contributed by atoms with E-state index in [1.54, 1.807) is 29.2 Å². The van der Waals surface area contributed by atoms with Crippen molar-refractivity contribution in [3.8, 4) is 0 Å². The van der Waals surface area contributed by atoms with Crippen LogP contribution in [0.4, 0.5) is 4.79 Å². The summed E-state index contributed by atoms with van der Waals surface area (Å²) < 4.78 is 35.3. The number of piperidine rings is 1. The van der Waals surface area contributed by atoms with E-state index in [-0.39, 0.29) is 28.7 Å². The van der Waals surface area contributed by atoms with Gasteiger partial charge in [0.2, 0.25) is 0 Å². The van der Waals surface area contributed by atoms with Gasteiger partial charge >= 0.3 is 6.09 Å². The zero-order valence-electron chi connectivity index (χ0n) is 20.0. The number of carbonyl (C=O) groups excluding carboxylic acids is 1. The van der Waals surface area contributed by atoms with E-state index in [0.717, 1.165) is 37.0 Å². The Morgan fingerprint density at radius 3 is 2.27 bits per heavy atom. The Bertz CT molecular complexity index is 1070. The van der Waals surface area contributed by atoms with Crippen LogP contribution in [0, 0.1) is 0 Å². The average molecular weight is 476 g/mol. The van der Waals surface area contributed by atoms with Gasteiger partial charge in [-0.3, -0.25) is 4.99 Å². The number of aliphatic imine (C=N–C) groups is 2. The quantitative estimate of drug-likeness (QED) is 0.648. The number of amides is 1. The summed E-state index contributed by atoms with van der Waals surface area (Å²) in [4.78, 5) is 24.0. The van der Waals surface area contributed by atoms with Crippen LogP contribution >= 0.6 is 0 Å². The number of nitrogens with zero attached hydrogens (tertiary/aromatic N) is 3. The van der Waals surface area contributed by atoms with Gasteiger partial charge < -0.3 is 14.4 Å². The first-order valence-electron chi connectivity index (χ1n) is 11.5. The van der Waals surface area contributed by atoms with E-state index in [4.69, 9.17) is 19.5 Å². The Labute approximate surface area is 196 Å². The van der Waals surface area contributed by atoms with Gasteiger partial charge in [0.1, 0.15) is 11.1 Å². The van der Waals surface area contributed by atoms with Crippen molar-refractivity contribution in [3.05, 3.63) is 29.8 Å². The van der Waals surface area contributed by atoms with Crippen molar-refractivity contribution in [1.82, 2.24) is 4.90 Å². The fourth-order valence-electron chi connectivity index (χ4n) is 4.29. The fourth-order valence-corrected chi connectivity index (χ4v) is 4.92. The highest BCUT2D eigenvalue weighted by Crippen LogP contribution is 2.46. The predicted octanol–water partition coefficient (Wildman–Crippen LogP) is 3.63. The van der Waals surface area contributed by atoms with Gasteiger partial charge in [0.15, 0.2) is 15.7 Å². The third kappa shape index (κ3) is 5.46. The van der Waals surface area contributed by atoms with Gasteiger partial charge in [-0.1, -0.05) is 0 Å². The van der Waals surface area contributed by atoms with Gasteiger partial charge in [0.05, 0.1) is 22.8 Å². The maximum Gasteiger partial charge on any atom is 0.410 e. The molecule has 4 rings (SSSR count). The molecule has 1 saturated heterocycles. The SMILES string of the molecule is CC(OC1CCN(C(=O)OC(C)(C)C)CC1)C1=NC(c2ccc(S(C)(=O)=O)cc2)=NC12CC2. The number of hydrogen-bond acceptors (Lipinski definition) is 7. The molecular formula is C24H33N3O5S. The zero-order valence-corrected chi connectivity index (χ0v) is 20.8. The zero-order chi connectivity index (χ0) is 24.0. The van der Waals surface area contributed by atoms with Crippen LogP contribution in [0.1, 0.15) is 58.9 Å². The lowest BCUT2D eigenvalue weighted by Gasteiger charge is -2.34. The summed E-state index contributed by atoms with van der Waals surface area (Å²) in [7, 11) is -3.24. The lowest BCUT2D eigenvalue weighted by Crippen LogP contribution is -2.45. The van der Waals surface area contributed by atoms with Crippen LogP contribution in [0.25, 0.3) is 0 Å². The molecule has 33 heavy (non-hydrogen) atoms. The molecule has 9 heteroatoms. The van der Waals surface area contributed by atoms with Gasteiger partial charge in [-0.05, 0) is 77.6 Å². The number of rotatable bonds is 5. The molecule has 1 aromatic carbocycles. The number of sulfone groups is 1. The van der Waals surface area contributed by atoms with E-state index in [1.807, 2.05) is 27.7 Å². The first-order valence-corrected chi connectivity index (χ1v) is 13.4. The monoisotopic (exact) mass is 475 g/mol. The summed E-state index contributed by atoms with van der Waals surface area (Å²) in [6.07, 6.45) is 4.20. The molecule has 2 fully saturated rings. The lowest BCUT2D eigenvalue weighted by molar-refractivity contribution is -0.0209. The standard InChI is InChI=1S/C24H33N3O5S/c1-16(31-18-10-14-27(15-11-18)22(28)32-23(2,3)4)20-24(12-13-24)26-21(25-20)17-6-8-19(9-7-17)33(5,29)30/h6-9,16,18H,10-15H2,1-5H3. The third-order valence-corrected chi connectivity index (χ3v) is 7.29. The molecule has 2 heterocycles. The molecule has 2 aliphatic heterocycles. The van der Waals surface area contributed by atoms with Crippen molar-refractivity contribution in [2.75, 3.05) is 19.3 Å². The van der Waals surface area contributed by atoms with Crippen LogP contribution in [0.3, 0.4) is 0 Å². The maximum absolute atomic E-state index is 12.3. The molecule has 1 aromatic rings. The Kier molecular flexibility index (Phi) is 6.16. The second-order valence-electron chi connectivity index (χ2n) is 10.2. The average Bonchev–Trinajstić information content (AvgIpc) is 3.38. The Balaban J connectivity index is 1.37. The van der Waals surface area contributed by atoms with Gasteiger partial charge in [-0.2, -0.15) is 0 Å². The van der Waals surface area contributed by atoms with Gasteiger partial charge in [0, 0.05) is 24.9 Å². The molecule has 1 unspecified atom stereocenters. The first kappa shape index (κ1) is 23.9. The smallest absolute Gasteiger partial charge is 0.410 e. The Hall–Kier alpha value is -2.26. The van der Waals surface area contributed by atoms with Gasteiger partial charge in [0.25, 0.3) is 0 Å². The highest BCUT2D eigenvalue weighted by molar-refractivity contribution is 7.90. The molecule has 1 amide bonds. The lowest BCUT2D eigenvalue weighted by atomic mass is 10.0. The minimum Gasteiger partial charge on any atom is -0.444 e. The number of ether oxygens (including phenoxy) is 2. The summed E-state index contributed by atoms with van der Waals surface area (Å²) >= 11 is 0. The minimum absolute atomic E-state index is 0.0512. The molecule has 3 aliphatic rings. The molecule has 0 bridgehead atoms. The molecular weight excluding hydrogens is 442 g/mol. The van der Waals surface area contributed by atoms with Crippen LogP contribution in [-0.4, -0.2) is 73.7 Å². The van der Waals surface area contributed by atoms with Crippen molar-refractivity contribution in [2.24, 2.45) is 9.98 Å². The summed E-state index contributed by atoms with van der Waals surface area (Å²) in [5.74, 6) is 0.637. The van der Waals surface area contributed by atoms with Gasteiger partial charge in [-0.25, -0.2) is 18.2 Å². The summed E-state index contributed by atoms with van der Waals surface area (Å²) in [5.41, 5.74) is 0.975. The fraction of sp³-hybridized carbons (Fsp3) is 0.625. The number of benzene rings is 1. The van der Waals surface area contributed by atoms with E-state index < -0.39 is 15.4 Å².